The SMILES string of the molecule is C=C(NOCc1ccc(C)cc1)c1ccccc1NCc1ccncc1. The van der Waals surface area contributed by atoms with Gasteiger partial charge in [0.05, 0.1) is 12.3 Å². The first kappa shape index (κ1) is 17.7. The number of aryl methyl sites for hydroxylation is 1. The maximum atomic E-state index is 5.61. The second-order valence-electron chi connectivity index (χ2n) is 6.11. The maximum absolute atomic E-state index is 5.61. The van der Waals surface area contributed by atoms with E-state index >= 15 is 0 Å². The summed E-state index contributed by atoms with van der Waals surface area (Å²) >= 11 is 0. The lowest BCUT2D eigenvalue weighted by Gasteiger charge is -2.15. The minimum atomic E-state index is 0.478. The molecule has 4 nitrogen and oxygen atoms in total. The summed E-state index contributed by atoms with van der Waals surface area (Å²) in [4.78, 5) is 9.65. The van der Waals surface area contributed by atoms with Crippen LogP contribution in [0.2, 0.25) is 0 Å². The third-order valence-electron chi connectivity index (χ3n) is 4.04. The Labute approximate surface area is 154 Å². The van der Waals surface area contributed by atoms with E-state index < -0.39 is 0 Å². The number of para-hydroxylation sites is 1. The normalized spacial score (nSPS) is 10.3. The van der Waals surface area contributed by atoms with E-state index in [9.17, 15) is 0 Å². The molecule has 0 aliphatic heterocycles. The zero-order valence-corrected chi connectivity index (χ0v) is 14.9. The second-order valence-corrected chi connectivity index (χ2v) is 6.11. The van der Waals surface area contributed by atoms with Gasteiger partial charge in [-0.15, -0.1) is 0 Å². The Morgan fingerprint density at radius 3 is 2.46 bits per heavy atom. The summed E-state index contributed by atoms with van der Waals surface area (Å²) in [5, 5.41) is 3.44. The van der Waals surface area contributed by atoms with Crippen LogP contribution in [0.15, 0.2) is 79.6 Å². The van der Waals surface area contributed by atoms with E-state index in [0.29, 0.717) is 6.61 Å². The van der Waals surface area contributed by atoms with Crippen LogP contribution < -0.4 is 10.8 Å². The van der Waals surface area contributed by atoms with Crippen molar-refractivity contribution >= 4 is 11.4 Å². The van der Waals surface area contributed by atoms with Gasteiger partial charge in [0.15, 0.2) is 0 Å². The molecule has 1 aromatic heterocycles. The van der Waals surface area contributed by atoms with E-state index in [0.717, 1.165) is 29.1 Å². The number of anilines is 1. The highest BCUT2D eigenvalue weighted by atomic mass is 16.6. The Bertz CT molecular complexity index is 845. The van der Waals surface area contributed by atoms with Crippen molar-refractivity contribution < 1.29 is 4.84 Å². The molecule has 0 saturated carbocycles. The van der Waals surface area contributed by atoms with E-state index in [1.165, 1.54) is 11.1 Å². The molecule has 0 fully saturated rings. The van der Waals surface area contributed by atoms with Crippen LogP contribution in [0.4, 0.5) is 5.69 Å². The number of rotatable bonds is 8. The first-order chi connectivity index (χ1) is 12.7. The molecule has 0 spiro atoms. The van der Waals surface area contributed by atoms with Crippen LogP contribution >= 0.6 is 0 Å². The van der Waals surface area contributed by atoms with Crippen molar-refractivity contribution in [2.24, 2.45) is 0 Å². The fourth-order valence-electron chi connectivity index (χ4n) is 2.54. The van der Waals surface area contributed by atoms with Crippen molar-refractivity contribution in [2.45, 2.75) is 20.1 Å². The molecule has 3 rings (SSSR count). The predicted octanol–water partition coefficient (Wildman–Crippen LogP) is 4.69. The summed E-state index contributed by atoms with van der Waals surface area (Å²) in [6, 6.07) is 20.3. The largest absolute Gasteiger partial charge is 0.380 e. The maximum Gasteiger partial charge on any atom is 0.0996 e. The Balaban J connectivity index is 1.57. The molecule has 132 valence electrons. The summed E-state index contributed by atoms with van der Waals surface area (Å²) in [6.07, 6.45) is 3.59. The third-order valence-corrected chi connectivity index (χ3v) is 4.04. The Kier molecular flexibility index (Phi) is 6.01. The lowest BCUT2D eigenvalue weighted by Crippen LogP contribution is -2.13. The van der Waals surface area contributed by atoms with E-state index in [1.54, 1.807) is 12.4 Å². The summed E-state index contributed by atoms with van der Waals surface area (Å²) in [5.41, 5.74) is 9.17. The highest BCUT2D eigenvalue weighted by Crippen LogP contribution is 2.21. The Morgan fingerprint density at radius 1 is 0.962 bits per heavy atom. The van der Waals surface area contributed by atoms with Crippen molar-refractivity contribution in [3.63, 3.8) is 0 Å². The van der Waals surface area contributed by atoms with Gasteiger partial charge in [-0.3, -0.25) is 15.3 Å². The van der Waals surface area contributed by atoms with Crippen LogP contribution in [0.5, 0.6) is 0 Å². The molecule has 1 heterocycles. The fourth-order valence-corrected chi connectivity index (χ4v) is 2.54. The molecule has 2 N–H and O–H groups in total. The number of hydrogen-bond donors (Lipinski definition) is 2. The highest BCUT2D eigenvalue weighted by molar-refractivity contribution is 5.73. The minimum absolute atomic E-state index is 0.478. The molecular formula is C22H23N3O. The van der Waals surface area contributed by atoms with Gasteiger partial charge in [-0.1, -0.05) is 54.6 Å². The molecule has 0 saturated heterocycles. The molecule has 0 aliphatic carbocycles. The molecule has 0 amide bonds. The lowest BCUT2D eigenvalue weighted by atomic mass is 10.1. The number of benzene rings is 2. The zero-order valence-electron chi connectivity index (χ0n) is 14.9. The molecule has 0 atom stereocenters. The third kappa shape index (κ3) is 4.94. The van der Waals surface area contributed by atoms with E-state index in [-0.39, 0.29) is 0 Å². The van der Waals surface area contributed by atoms with Gasteiger partial charge in [-0.2, -0.15) is 0 Å². The molecule has 3 aromatic rings. The Hall–Kier alpha value is -3.11. The standard InChI is InChI=1S/C22H23N3O/c1-17-7-9-20(10-8-17)16-26-25-18(2)21-5-3-4-6-22(21)24-15-19-11-13-23-14-12-19/h3-14,24-25H,2,15-16H2,1H3. The van der Waals surface area contributed by atoms with Crippen LogP contribution in [0.1, 0.15) is 22.3 Å². The van der Waals surface area contributed by atoms with Crippen LogP contribution in [0, 0.1) is 6.92 Å². The first-order valence-corrected chi connectivity index (χ1v) is 8.57. The van der Waals surface area contributed by atoms with Gasteiger partial charge in [0.1, 0.15) is 0 Å². The van der Waals surface area contributed by atoms with Crippen molar-refractivity contribution in [3.05, 3.63) is 102 Å². The molecule has 0 bridgehead atoms. The molecule has 4 heteroatoms. The Morgan fingerprint density at radius 2 is 1.69 bits per heavy atom. The zero-order chi connectivity index (χ0) is 18.2. The average molecular weight is 345 g/mol. The van der Waals surface area contributed by atoms with Gasteiger partial charge in [0.2, 0.25) is 0 Å². The minimum Gasteiger partial charge on any atom is -0.380 e. The topological polar surface area (TPSA) is 46.2 Å². The molecule has 2 aromatic carbocycles. The van der Waals surface area contributed by atoms with Crippen molar-refractivity contribution in [3.8, 4) is 0 Å². The monoisotopic (exact) mass is 345 g/mol. The van der Waals surface area contributed by atoms with Gasteiger partial charge in [-0.05, 0) is 36.2 Å². The fraction of sp³-hybridized carbons (Fsp3) is 0.136. The van der Waals surface area contributed by atoms with Crippen LogP contribution in [0.25, 0.3) is 5.70 Å². The quantitative estimate of drug-likeness (QED) is 0.581. The van der Waals surface area contributed by atoms with E-state index in [4.69, 9.17) is 4.84 Å². The van der Waals surface area contributed by atoms with E-state index in [1.807, 2.05) is 36.4 Å². The predicted molar refractivity (Wildman–Crippen MR) is 106 cm³/mol. The summed E-state index contributed by atoms with van der Waals surface area (Å²) in [6.45, 7) is 7.37. The van der Waals surface area contributed by atoms with Crippen molar-refractivity contribution in [2.75, 3.05) is 5.32 Å². The smallest absolute Gasteiger partial charge is 0.0996 e. The second kappa shape index (κ2) is 8.83. The van der Waals surface area contributed by atoms with Gasteiger partial charge in [0, 0.05) is 30.2 Å². The summed E-state index contributed by atoms with van der Waals surface area (Å²) in [7, 11) is 0. The van der Waals surface area contributed by atoms with Crippen LogP contribution in [-0.4, -0.2) is 4.98 Å². The number of aromatic nitrogens is 1. The van der Waals surface area contributed by atoms with Gasteiger partial charge >= 0.3 is 0 Å². The van der Waals surface area contributed by atoms with Gasteiger partial charge in [0.25, 0.3) is 0 Å². The van der Waals surface area contributed by atoms with Crippen LogP contribution in [0.3, 0.4) is 0 Å². The molecule has 0 unspecified atom stereocenters. The van der Waals surface area contributed by atoms with Gasteiger partial charge in [-0.25, -0.2) is 0 Å². The lowest BCUT2D eigenvalue weighted by molar-refractivity contribution is 0.0648. The number of nitrogens with zero attached hydrogens (tertiary/aromatic N) is 1. The highest BCUT2D eigenvalue weighted by Gasteiger charge is 2.06. The molecular weight excluding hydrogens is 322 g/mol. The van der Waals surface area contributed by atoms with Crippen LogP contribution in [-0.2, 0) is 18.0 Å². The van der Waals surface area contributed by atoms with E-state index in [2.05, 4.69) is 53.5 Å². The van der Waals surface area contributed by atoms with Crippen molar-refractivity contribution in [1.82, 2.24) is 10.5 Å². The average Bonchev–Trinajstić information content (AvgIpc) is 2.69. The number of pyridine rings is 1. The number of nitrogens with one attached hydrogen (secondary N) is 2. The summed E-state index contributed by atoms with van der Waals surface area (Å²) in [5.74, 6) is 0. The first-order valence-electron chi connectivity index (χ1n) is 8.57. The molecule has 0 aliphatic rings. The number of hydroxylamine groups is 1. The van der Waals surface area contributed by atoms with Gasteiger partial charge < -0.3 is 5.32 Å². The number of hydrogen-bond acceptors (Lipinski definition) is 4. The van der Waals surface area contributed by atoms with Crippen molar-refractivity contribution in [1.29, 1.82) is 0 Å². The molecule has 26 heavy (non-hydrogen) atoms. The molecule has 0 radical (unpaired) electrons. The summed E-state index contributed by atoms with van der Waals surface area (Å²) < 4.78 is 0.